The molecule has 0 bridgehead atoms. The second-order valence-electron chi connectivity index (χ2n) is 7.44. The van der Waals surface area contributed by atoms with Crippen LogP contribution in [0, 0.1) is 17.8 Å². The van der Waals surface area contributed by atoms with E-state index in [9.17, 15) is 9.46 Å². The SMILES string of the molecule is CC1CCCN(CP(=O)(O)CN2CC(C)CC(C)C2)C1. The van der Waals surface area contributed by atoms with Crippen LogP contribution in [0.5, 0.6) is 0 Å². The minimum Gasteiger partial charge on any atom is -0.343 e. The third-order valence-corrected chi connectivity index (χ3v) is 6.21. The van der Waals surface area contributed by atoms with Gasteiger partial charge in [0.25, 0.3) is 0 Å². The fourth-order valence-electron chi connectivity index (χ4n) is 3.99. The van der Waals surface area contributed by atoms with Gasteiger partial charge in [0, 0.05) is 19.6 Å². The van der Waals surface area contributed by atoms with Crippen molar-refractivity contribution < 1.29 is 9.46 Å². The summed E-state index contributed by atoms with van der Waals surface area (Å²) in [6, 6.07) is 0. The quantitative estimate of drug-likeness (QED) is 0.811. The van der Waals surface area contributed by atoms with Crippen molar-refractivity contribution in [1.29, 1.82) is 0 Å². The molecule has 2 aliphatic rings. The van der Waals surface area contributed by atoms with Crippen molar-refractivity contribution in [1.82, 2.24) is 9.80 Å². The van der Waals surface area contributed by atoms with E-state index in [1.807, 2.05) is 0 Å². The Morgan fingerprint density at radius 3 is 2.15 bits per heavy atom. The first-order chi connectivity index (χ1) is 9.34. The number of hydrogen-bond acceptors (Lipinski definition) is 3. The Balaban J connectivity index is 1.85. The van der Waals surface area contributed by atoms with Gasteiger partial charge in [0.2, 0.25) is 7.37 Å². The zero-order chi connectivity index (χ0) is 14.8. The van der Waals surface area contributed by atoms with E-state index in [0.717, 1.165) is 26.2 Å². The monoisotopic (exact) mass is 302 g/mol. The summed E-state index contributed by atoms with van der Waals surface area (Å²) in [5.41, 5.74) is 0. The van der Waals surface area contributed by atoms with Gasteiger partial charge in [0.1, 0.15) is 0 Å². The molecule has 0 aromatic rings. The van der Waals surface area contributed by atoms with Crippen LogP contribution in [0.4, 0.5) is 0 Å². The van der Waals surface area contributed by atoms with Crippen LogP contribution in [0.3, 0.4) is 0 Å². The number of hydrogen-bond donors (Lipinski definition) is 1. The van der Waals surface area contributed by atoms with Crippen molar-refractivity contribution >= 4 is 7.37 Å². The Hall–Kier alpha value is 0.110. The Labute approximate surface area is 124 Å². The highest BCUT2D eigenvalue weighted by Crippen LogP contribution is 2.43. The third-order valence-electron chi connectivity index (χ3n) is 4.53. The van der Waals surface area contributed by atoms with Gasteiger partial charge in [-0.3, -0.25) is 14.4 Å². The lowest BCUT2D eigenvalue weighted by atomic mass is 9.92. The molecule has 1 N–H and O–H groups in total. The molecule has 0 spiro atoms. The average Bonchev–Trinajstić information content (AvgIpc) is 2.25. The lowest BCUT2D eigenvalue weighted by Crippen LogP contribution is -2.41. The van der Waals surface area contributed by atoms with Crippen molar-refractivity contribution in [2.24, 2.45) is 17.8 Å². The molecule has 2 rings (SSSR count). The lowest BCUT2D eigenvalue weighted by Gasteiger charge is -2.37. The summed E-state index contributed by atoms with van der Waals surface area (Å²) in [6.45, 7) is 10.7. The molecule has 2 heterocycles. The van der Waals surface area contributed by atoms with E-state index in [2.05, 4.69) is 30.6 Å². The fourth-order valence-corrected chi connectivity index (χ4v) is 5.82. The summed E-state index contributed by atoms with van der Waals surface area (Å²) in [5, 5.41) is 0. The van der Waals surface area contributed by atoms with E-state index >= 15 is 0 Å². The molecule has 2 fully saturated rings. The van der Waals surface area contributed by atoms with Crippen LogP contribution in [-0.4, -0.2) is 53.4 Å². The van der Waals surface area contributed by atoms with Crippen LogP contribution in [-0.2, 0) is 4.57 Å². The van der Waals surface area contributed by atoms with Gasteiger partial charge in [-0.05, 0) is 43.6 Å². The lowest BCUT2D eigenvalue weighted by molar-refractivity contribution is 0.154. The summed E-state index contributed by atoms with van der Waals surface area (Å²) in [4.78, 5) is 14.8. The predicted molar refractivity (Wildman–Crippen MR) is 84.0 cm³/mol. The van der Waals surface area contributed by atoms with Gasteiger partial charge in [-0.15, -0.1) is 0 Å². The molecule has 0 amide bonds. The number of rotatable bonds is 4. The van der Waals surface area contributed by atoms with Gasteiger partial charge < -0.3 is 4.89 Å². The van der Waals surface area contributed by atoms with Crippen molar-refractivity contribution in [2.75, 3.05) is 38.8 Å². The van der Waals surface area contributed by atoms with Crippen LogP contribution >= 0.6 is 7.37 Å². The molecular formula is C15H31N2O2P. The van der Waals surface area contributed by atoms with Crippen molar-refractivity contribution in [3.8, 4) is 0 Å². The van der Waals surface area contributed by atoms with Gasteiger partial charge in [-0.25, -0.2) is 0 Å². The minimum atomic E-state index is -3.06. The minimum absolute atomic E-state index is 0.382. The van der Waals surface area contributed by atoms with E-state index in [1.54, 1.807) is 0 Å². The van der Waals surface area contributed by atoms with Crippen molar-refractivity contribution in [3.63, 3.8) is 0 Å². The zero-order valence-electron chi connectivity index (χ0n) is 13.3. The van der Waals surface area contributed by atoms with E-state index < -0.39 is 7.37 Å². The highest BCUT2D eigenvalue weighted by molar-refractivity contribution is 7.57. The molecule has 118 valence electrons. The highest BCUT2D eigenvalue weighted by atomic mass is 31.2. The maximum atomic E-state index is 12.5. The van der Waals surface area contributed by atoms with E-state index in [1.165, 1.54) is 19.3 Å². The molecule has 20 heavy (non-hydrogen) atoms. The van der Waals surface area contributed by atoms with E-state index in [0.29, 0.717) is 30.3 Å². The summed E-state index contributed by atoms with van der Waals surface area (Å²) < 4.78 is 12.5. The van der Waals surface area contributed by atoms with Crippen LogP contribution in [0.1, 0.15) is 40.0 Å². The summed E-state index contributed by atoms with van der Waals surface area (Å²) in [7, 11) is -3.06. The second kappa shape index (κ2) is 6.91. The Kier molecular flexibility index (Phi) is 5.70. The van der Waals surface area contributed by atoms with Crippen LogP contribution in [0.2, 0.25) is 0 Å². The average molecular weight is 302 g/mol. The Bertz CT molecular complexity index is 354. The predicted octanol–water partition coefficient (Wildman–Crippen LogP) is 2.88. The molecule has 4 atom stereocenters. The largest absolute Gasteiger partial charge is 0.343 e. The van der Waals surface area contributed by atoms with Crippen molar-refractivity contribution in [3.05, 3.63) is 0 Å². The van der Waals surface area contributed by atoms with Crippen LogP contribution in [0.15, 0.2) is 0 Å². The Morgan fingerprint density at radius 1 is 1.00 bits per heavy atom. The van der Waals surface area contributed by atoms with Crippen molar-refractivity contribution in [2.45, 2.75) is 40.0 Å². The molecule has 5 heteroatoms. The maximum Gasteiger partial charge on any atom is 0.227 e. The molecule has 0 aromatic carbocycles. The molecule has 0 aromatic heterocycles. The first kappa shape index (κ1) is 16.5. The van der Waals surface area contributed by atoms with E-state index in [-0.39, 0.29) is 0 Å². The normalized spacial score (nSPS) is 36.7. The molecule has 0 aliphatic carbocycles. The van der Waals surface area contributed by atoms with Gasteiger partial charge in [-0.1, -0.05) is 20.8 Å². The van der Waals surface area contributed by atoms with E-state index in [4.69, 9.17) is 0 Å². The number of piperidine rings is 2. The number of nitrogens with zero attached hydrogens (tertiary/aromatic N) is 2. The molecule has 0 radical (unpaired) electrons. The van der Waals surface area contributed by atoms with Gasteiger partial charge in [-0.2, -0.15) is 0 Å². The smallest absolute Gasteiger partial charge is 0.227 e. The maximum absolute atomic E-state index is 12.5. The Morgan fingerprint density at radius 2 is 1.55 bits per heavy atom. The number of likely N-dealkylation sites (tertiary alicyclic amines) is 2. The molecule has 4 unspecified atom stereocenters. The molecule has 2 aliphatic heterocycles. The summed E-state index contributed by atoms with van der Waals surface area (Å²) >= 11 is 0. The zero-order valence-corrected chi connectivity index (χ0v) is 14.2. The fraction of sp³-hybridized carbons (Fsp3) is 1.00. The topological polar surface area (TPSA) is 43.8 Å². The van der Waals surface area contributed by atoms with Crippen LogP contribution in [0.25, 0.3) is 0 Å². The van der Waals surface area contributed by atoms with Gasteiger partial charge in [0.15, 0.2) is 0 Å². The van der Waals surface area contributed by atoms with Crippen LogP contribution < -0.4 is 0 Å². The molecule has 4 nitrogen and oxygen atoms in total. The summed E-state index contributed by atoms with van der Waals surface area (Å²) in [5.74, 6) is 1.96. The molecular weight excluding hydrogens is 271 g/mol. The van der Waals surface area contributed by atoms with Gasteiger partial charge in [0.05, 0.1) is 12.6 Å². The highest BCUT2D eigenvalue weighted by Gasteiger charge is 2.30. The third kappa shape index (κ3) is 5.14. The summed E-state index contributed by atoms with van der Waals surface area (Å²) in [6.07, 6.45) is 4.44. The first-order valence-electron chi connectivity index (χ1n) is 8.09. The van der Waals surface area contributed by atoms with Gasteiger partial charge >= 0.3 is 0 Å². The second-order valence-corrected chi connectivity index (χ2v) is 9.69. The first-order valence-corrected chi connectivity index (χ1v) is 10.1. The standard InChI is InChI=1S/C15H31N2O2P/c1-13-5-4-6-16(8-13)11-20(18,19)12-17-9-14(2)7-15(3)10-17/h13-15H,4-12H2,1-3H3,(H,18,19). The molecule has 2 saturated heterocycles. The molecule has 0 saturated carbocycles.